The molecule has 2 amide bonds. The third-order valence-electron chi connectivity index (χ3n) is 5.45. The van der Waals surface area contributed by atoms with Gasteiger partial charge in [0.05, 0.1) is 0 Å². The molecular weight excluding hydrogens is 500 g/mol. The van der Waals surface area contributed by atoms with Crippen molar-refractivity contribution in [3.8, 4) is 0 Å². The van der Waals surface area contributed by atoms with Crippen LogP contribution in [0.15, 0.2) is 83.3 Å². The molecule has 0 aliphatic rings. The van der Waals surface area contributed by atoms with Crippen molar-refractivity contribution in [3.05, 3.63) is 105 Å². The first-order chi connectivity index (χ1) is 16.0. The average molecular weight is 528 g/mol. The molecule has 0 heterocycles. The van der Waals surface area contributed by atoms with E-state index < -0.39 is 6.04 Å². The molecule has 6 heteroatoms. The molecule has 0 fully saturated rings. The zero-order valence-electron chi connectivity index (χ0n) is 18.6. The second-order valence-corrected chi connectivity index (χ2v) is 9.16. The molecule has 172 valence electrons. The fourth-order valence-corrected chi connectivity index (χ4v) is 4.21. The fourth-order valence-electron chi connectivity index (χ4n) is 3.72. The van der Waals surface area contributed by atoms with E-state index in [1.165, 1.54) is 0 Å². The lowest BCUT2D eigenvalue weighted by Crippen LogP contribution is -2.50. The largest absolute Gasteiger partial charge is 0.355 e. The molecule has 4 nitrogen and oxygen atoms in total. The number of amides is 2. The van der Waals surface area contributed by atoms with E-state index in [1.807, 2.05) is 85.8 Å². The van der Waals surface area contributed by atoms with Crippen molar-refractivity contribution in [2.75, 3.05) is 6.54 Å². The van der Waals surface area contributed by atoms with E-state index in [-0.39, 0.29) is 18.2 Å². The van der Waals surface area contributed by atoms with Crippen molar-refractivity contribution in [3.63, 3.8) is 0 Å². The van der Waals surface area contributed by atoms with Gasteiger partial charge in [0.2, 0.25) is 11.8 Å². The molecule has 0 saturated heterocycles. The number of carbonyl (C=O) groups is 2. The van der Waals surface area contributed by atoms with E-state index in [9.17, 15) is 9.59 Å². The molecule has 0 unspecified atom stereocenters. The highest BCUT2D eigenvalue weighted by Gasteiger charge is 2.30. The highest BCUT2D eigenvalue weighted by atomic mass is 79.9. The lowest BCUT2D eigenvalue weighted by molar-refractivity contribution is -0.141. The van der Waals surface area contributed by atoms with Crippen molar-refractivity contribution in [1.82, 2.24) is 10.2 Å². The second-order valence-electron chi connectivity index (χ2n) is 7.84. The second kappa shape index (κ2) is 12.6. The van der Waals surface area contributed by atoms with Gasteiger partial charge < -0.3 is 10.2 Å². The summed E-state index contributed by atoms with van der Waals surface area (Å²) in [4.78, 5) is 28.4. The van der Waals surface area contributed by atoms with Crippen LogP contribution in [-0.2, 0) is 29.0 Å². The molecular formula is C27H28BrClN2O2. The molecule has 0 bridgehead atoms. The maximum Gasteiger partial charge on any atom is 0.243 e. The number of likely N-dealkylation sites (N-methyl/N-ethyl adjacent to an activating group) is 1. The molecule has 0 spiro atoms. The molecule has 3 aromatic rings. The number of halogens is 2. The predicted octanol–water partition coefficient (Wildman–Crippen LogP) is 5.81. The van der Waals surface area contributed by atoms with Crippen LogP contribution >= 0.6 is 27.5 Å². The number of nitrogens with one attached hydrogen (secondary N) is 1. The number of benzene rings is 3. The molecule has 0 aromatic heterocycles. The predicted molar refractivity (Wildman–Crippen MR) is 137 cm³/mol. The fraction of sp³-hybridized carbons (Fsp3) is 0.259. The Labute approximate surface area is 209 Å². The quantitative estimate of drug-likeness (QED) is 0.362. The summed E-state index contributed by atoms with van der Waals surface area (Å²) in [5.74, 6) is -0.227. The Morgan fingerprint density at radius 1 is 0.939 bits per heavy atom. The number of rotatable bonds is 10. The summed E-state index contributed by atoms with van der Waals surface area (Å²) in [5, 5.41) is 3.57. The summed E-state index contributed by atoms with van der Waals surface area (Å²) in [5.41, 5.74) is 2.90. The molecule has 0 saturated carbocycles. The van der Waals surface area contributed by atoms with Gasteiger partial charge in [0, 0.05) is 35.4 Å². The summed E-state index contributed by atoms with van der Waals surface area (Å²) in [6.07, 6.45) is 1.23. The summed E-state index contributed by atoms with van der Waals surface area (Å²) < 4.78 is 0.965. The number of hydrogen-bond donors (Lipinski definition) is 1. The van der Waals surface area contributed by atoms with Gasteiger partial charge >= 0.3 is 0 Å². The first-order valence-electron chi connectivity index (χ1n) is 11.1. The summed E-state index contributed by atoms with van der Waals surface area (Å²) in [6, 6.07) is 24.6. The van der Waals surface area contributed by atoms with Crippen molar-refractivity contribution in [2.24, 2.45) is 0 Å². The molecule has 33 heavy (non-hydrogen) atoms. The maximum absolute atomic E-state index is 13.5. The van der Waals surface area contributed by atoms with E-state index in [2.05, 4.69) is 21.2 Å². The third kappa shape index (κ3) is 7.44. The zero-order valence-corrected chi connectivity index (χ0v) is 21.0. The molecule has 1 N–H and O–H groups in total. The molecule has 3 rings (SSSR count). The Hall–Kier alpha value is -2.63. The van der Waals surface area contributed by atoms with Gasteiger partial charge in [0.1, 0.15) is 6.04 Å². The van der Waals surface area contributed by atoms with Gasteiger partial charge in [-0.1, -0.05) is 88.2 Å². The van der Waals surface area contributed by atoms with Gasteiger partial charge in [0.15, 0.2) is 0 Å². The van der Waals surface area contributed by atoms with Crippen LogP contribution in [0.4, 0.5) is 0 Å². The average Bonchev–Trinajstić information content (AvgIpc) is 2.82. The minimum absolute atomic E-state index is 0.0787. The Bertz CT molecular complexity index is 1060. The third-order valence-corrected chi connectivity index (χ3v) is 6.35. The Balaban J connectivity index is 1.89. The van der Waals surface area contributed by atoms with Crippen LogP contribution in [0, 0.1) is 0 Å². The van der Waals surface area contributed by atoms with Crippen LogP contribution in [0.3, 0.4) is 0 Å². The van der Waals surface area contributed by atoms with Crippen molar-refractivity contribution >= 4 is 39.3 Å². The van der Waals surface area contributed by atoms with Gasteiger partial charge in [-0.25, -0.2) is 0 Å². The van der Waals surface area contributed by atoms with Crippen LogP contribution in [0.1, 0.15) is 30.0 Å². The smallest absolute Gasteiger partial charge is 0.243 e. The lowest BCUT2D eigenvalue weighted by atomic mass is 10.0. The molecule has 1 atom stereocenters. The van der Waals surface area contributed by atoms with Crippen LogP contribution in [0.2, 0.25) is 5.02 Å². The number of aryl methyl sites for hydroxylation is 1. The Morgan fingerprint density at radius 3 is 2.27 bits per heavy atom. The summed E-state index contributed by atoms with van der Waals surface area (Å²) in [7, 11) is 0. The number of carbonyl (C=O) groups excluding carboxylic acids is 2. The molecule has 0 aliphatic heterocycles. The zero-order chi connectivity index (χ0) is 23.6. The van der Waals surface area contributed by atoms with Crippen molar-refractivity contribution in [1.29, 1.82) is 0 Å². The topological polar surface area (TPSA) is 49.4 Å². The maximum atomic E-state index is 13.5. The van der Waals surface area contributed by atoms with Crippen molar-refractivity contribution in [2.45, 2.75) is 38.8 Å². The van der Waals surface area contributed by atoms with Gasteiger partial charge in [0.25, 0.3) is 0 Å². The monoisotopic (exact) mass is 526 g/mol. The highest BCUT2D eigenvalue weighted by Crippen LogP contribution is 2.20. The Morgan fingerprint density at radius 2 is 1.61 bits per heavy atom. The SMILES string of the molecule is CCNC(=O)[C@H](Cc1ccccc1)N(Cc1ccc(Br)cc1)C(=O)CCc1ccccc1Cl. The molecule has 0 radical (unpaired) electrons. The highest BCUT2D eigenvalue weighted by molar-refractivity contribution is 9.10. The van der Waals surface area contributed by atoms with Crippen molar-refractivity contribution < 1.29 is 9.59 Å². The number of hydrogen-bond acceptors (Lipinski definition) is 2. The van der Waals surface area contributed by atoms with Gasteiger partial charge in [-0.2, -0.15) is 0 Å². The summed E-state index contributed by atoms with van der Waals surface area (Å²) >= 11 is 9.76. The standard InChI is InChI=1S/C27H28BrClN2O2/c1-2-30-27(33)25(18-20-8-4-3-5-9-20)31(19-21-12-15-23(28)16-13-21)26(32)17-14-22-10-6-7-11-24(22)29/h3-13,15-16,25H,2,14,17-19H2,1H3,(H,30,33)/t25-/m0/s1. The van der Waals surface area contributed by atoms with E-state index >= 15 is 0 Å². The van der Waals surface area contributed by atoms with Gasteiger partial charge in [-0.05, 0) is 48.2 Å². The minimum atomic E-state index is -0.616. The van der Waals surface area contributed by atoms with E-state index in [0.29, 0.717) is 31.0 Å². The van der Waals surface area contributed by atoms with E-state index in [4.69, 9.17) is 11.6 Å². The lowest BCUT2D eigenvalue weighted by Gasteiger charge is -2.31. The minimum Gasteiger partial charge on any atom is -0.355 e. The summed E-state index contributed by atoms with van der Waals surface area (Å²) in [6.45, 7) is 2.74. The van der Waals surface area contributed by atoms with Gasteiger partial charge in [-0.3, -0.25) is 9.59 Å². The van der Waals surface area contributed by atoms with Crippen LogP contribution < -0.4 is 5.32 Å². The van der Waals surface area contributed by atoms with E-state index in [1.54, 1.807) is 4.90 Å². The van der Waals surface area contributed by atoms with E-state index in [0.717, 1.165) is 21.2 Å². The van der Waals surface area contributed by atoms with Gasteiger partial charge in [-0.15, -0.1) is 0 Å². The van der Waals surface area contributed by atoms with Crippen LogP contribution in [0.25, 0.3) is 0 Å². The van der Waals surface area contributed by atoms with Crippen LogP contribution in [-0.4, -0.2) is 29.3 Å². The normalized spacial score (nSPS) is 11.6. The first-order valence-corrected chi connectivity index (χ1v) is 12.2. The molecule has 3 aromatic carbocycles. The van der Waals surface area contributed by atoms with Crippen LogP contribution in [0.5, 0.6) is 0 Å². The number of nitrogens with zero attached hydrogens (tertiary/aromatic N) is 1. The first kappa shape index (κ1) is 25.0. The molecule has 0 aliphatic carbocycles. The Kier molecular flexibility index (Phi) is 9.52.